The monoisotopic (exact) mass is 283 g/mol. The van der Waals surface area contributed by atoms with Gasteiger partial charge < -0.3 is 10.1 Å². The largest absolute Gasteiger partial charge is 0.466 e. The second kappa shape index (κ2) is 7.58. The lowest BCUT2D eigenvalue weighted by atomic mass is 10.4. The first-order valence-corrected chi connectivity index (χ1v) is 6.44. The van der Waals surface area contributed by atoms with Crippen LogP contribution in [-0.4, -0.2) is 24.7 Å². The normalized spacial score (nSPS) is 11.0. The average Bonchev–Trinajstić information content (AvgIpc) is 2.36. The molecule has 0 radical (unpaired) electrons. The summed E-state index contributed by atoms with van der Waals surface area (Å²) in [5.74, 6) is -1.01. The smallest absolute Gasteiger partial charge is 0.332 e. The van der Waals surface area contributed by atoms with Gasteiger partial charge in [0, 0.05) is 16.7 Å². The number of ether oxygens (including phenoxy) is 1. The predicted molar refractivity (Wildman–Crippen MR) is 71.0 cm³/mol. The number of methoxy groups -OCH3 is 1. The van der Waals surface area contributed by atoms with Crippen LogP contribution in [0.4, 0.5) is 4.39 Å². The van der Waals surface area contributed by atoms with Crippen molar-refractivity contribution in [2.45, 2.75) is 11.8 Å². The second-order valence-electron chi connectivity index (χ2n) is 3.64. The molecule has 6 heteroatoms. The fourth-order valence-electron chi connectivity index (χ4n) is 1.23. The van der Waals surface area contributed by atoms with Gasteiger partial charge in [-0.1, -0.05) is 6.07 Å². The van der Waals surface area contributed by atoms with E-state index in [1.807, 2.05) is 0 Å². The minimum absolute atomic E-state index is 0.135. The van der Waals surface area contributed by atoms with E-state index in [-0.39, 0.29) is 17.5 Å². The summed E-state index contributed by atoms with van der Waals surface area (Å²) in [7, 11) is 1.26. The molecule has 1 N–H and O–H groups in total. The van der Waals surface area contributed by atoms with Gasteiger partial charge in [0.25, 0.3) is 0 Å². The van der Waals surface area contributed by atoms with E-state index in [4.69, 9.17) is 0 Å². The molecule has 4 nitrogen and oxygen atoms in total. The quantitative estimate of drug-likeness (QED) is 0.511. The third kappa shape index (κ3) is 6.05. The first kappa shape index (κ1) is 15.2. The molecule has 1 amide bonds. The Morgan fingerprint density at radius 1 is 1.47 bits per heavy atom. The van der Waals surface area contributed by atoms with Crippen LogP contribution in [0.1, 0.15) is 6.92 Å². The third-order valence-corrected chi connectivity index (χ3v) is 3.03. The molecule has 1 aromatic carbocycles. The summed E-state index contributed by atoms with van der Waals surface area (Å²) in [4.78, 5) is 23.2. The van der Waals surface area contributed by atoms with Crippen molar-refractivity contribution in [1.29, 1.82) is 0 Å². The molecule has 0 aliphatic rings. The van der Waals surface area contributed by atoms with Crippen LogP contribution in [0.2, 0.25) is 0 Å². The Kier molecular flexibility index (Phi) is 6.08. The highest BCUT2D eigenvalue weighted by Crippen LogP contribution is 2.18. The molecule has 0 atom stereocenters. The number of rotatable bonds is 5. The van der Waals surface area contributed by atoms with E-state index in [1.54, 1.807) is 19.1 Å². The highest BCUT2D eigenvalue weighted by Gasteiger charge is 2.05. The number of benzene rings is 1. The Morgan fingerprint density at radius 3 is 2.84 bits per heavy atom. The fourth-order valence-corrected chi connectivity index (χ4v) is 1.97. The predicted octanol–water partition coefficient (Wildman–Crippen LogP) is 2.11. The van der Waals surface area contributed by atoms with E-state index >= 15 is 0 Å². The topological polar surface area (TPSA) is 55.4 Å². The van der Waals surface area contributed by atoms with Crippen molar-refractivity contribution in [2.24, 2.45) is 0 Å². The van der Waals surface area contributed by atoms with Crippen molar-refractivity contribution < 1.29 is 18.7 Å². The van der Waals surface area contributed by atoms with Crippen LogP contribution in [0.5, 0.6) is 0 Å². The maximum atomic E-state index is 12.9. The summed E-state index contributed by atoms with van der Waals surface area (Å²) in [6.07, 6.45) is 1.19. The van der Waals surface area contributed by atoms with E-state index in [9.17, 15) is 14.0 Å². The number of esters is 1. The van der Waals surface area contributed by atoms with Gasteiger partial charge in [-0.05, 0) is 25.1 Å². The Morgan fingerprint density at radius 2 is 2.21 bits per heavy atom. The summed E-state index contributed by atoms with van der Waals surface area (Å²) in [6.45, 7) is 1.58. The number of amides is 1. The number of hydrogen-bond donors (Lipinski definition) is 1. The Balaban J connectivity index is 2.44. The zero-order chi connectivity index (χ0) is 14.3. The maximum Gasteiger partial charge on any atom is 0.332 e. The van der Waals surface area contributed by atoms with Crippen molar-refractivity contribution in [1.82, 2.24) is 5.32 Å². The van der Waals surface area contributed by atoms with E-state index in [2.05, 4.69) is 10.1 Å². The fraction of sp³-hybridized carbons (Fsp3) is 0.231. The molecular formula is C13H14FNO3S. The highest BCUT2D eigenvalue weighted by atomic mass is 32.2. The van der Waals surface area contributed by atoms with E-state index in [1.165, 1.54) is 37.1 Å². The van der Waals surface area contributed by atoms with Gasteiger partial charge in [-0.3, -0.25) is 4.79 Å². The number of allylic oxidation sites excluding steroid dienone is 1. The van der Waals surface area contributed by atoms with Gasteiger partial charge in [-0.25, -0.2) is 9.18 Å². The number of thioether (sulfide) groups is 1. The van der Waals surface area contributed by atoms with Crippen molar-refractivity contribution in [2.75, 3.05) is 12.9 Å². The molecule has 19 heavy (non-hydrogen) atoms. The molecule has 0 aromatic heterocycles. The lowest BCUT2D eigenvalue weighted by Crippen LogP contribution is -2.23. The van der Waals surface area contributed by atoms with Gasteiger partial charge in [0.15, 0.2) is 0 Å². The van der Waals surface area contributed by atoms with Crippen LogP contribution in [0.25, 0.3) is 0 Å². The molecule has 0 fully saturated rings. The van der Waals surface area contributed by atoms with Crippen molar-refractivity contribution in [3.05, 3.63) is 41.9 Å². The van der Waals surface area contributed by atoms with Crippen LogP contribution in [-0.2, 0) is 14.3 Å². The molecule has 102 valence electrons. The van der Waals surface area contributed by atoms with Crippen molar-refractivity contribution in [3.63, 3.8) is 0 Å². The summed E-state index contributed by atoms with van der Waals surface area (Å²) >= 11 is 1.21. The van der Waals surface area contributed by atoms with Crippen LogP contribution in [0.3, 0.4) is 0 Å². The Bertz CT molecular complexity index is 502. The molecule has 0 bridgehead atoms. The molecule has 1 aromatic rings. The number of carbonyl (C=O) groups is 2. The third-order valence-electron chi connectivity index (χ3n) is 2.04. The van der Waals surface area contributed by atoms with Gasteiger partial charge in [0.2, 0.25) is 5.91 Å². The van der Waals surface area contributed by atoms with Gasteiger partial charge in [0.05, 0.1) is 12.9 Å². The first-order chi connectivity index (χ1) is 9.01. The van der Waals surface area contributed by atoms with Crippen LogP contribution < -0.4 is 5.32 Å². The summed E-state index contributed by atoms with van der Waals surface area (Å²) in [5, 5.41) is 2.54. The van der Waals surface area contributed by atoms with E-state index in [0.29, 0.717) is 10.6 Å². The molecule has 0 aliphatic heterocycles. The lowest BCUT2D eigenvalue weighted by molar-refractivity contribution is -0.134. The molecule has 0 heterocycles. The van der Waals surface area contributed by atoms with Crippen molar-refractivity contribution in [3.8, 4) is 0 Å². The van der Waals surface area contributed by atoms with Gasteiger partial charge in [-0.2, -0.15) is 0 Å². The van der Waals surface area contributed by atoms with E-state index in [0.717, 1.165) is 0 Å². The highest BCUT2D eigenvalue weighted by molar-refractivity contribution is 8.00. The van der Waals surface area contributed by atoms with Gasteiger partial charge >= 0.3 is 5.97 Å². The van der Waals surface area contributed by atoms with Crippen LogP contribution >= 0.6 is 11.8 Å². The minimum atomic E-state index is -0.532. The van der Waals surface area contributed by atoms with Crippen molar-refractivity contribution >= 4 is 23.6 Å². The lowest BCUT2D eigenvalue weighted by Gasteiger charge is -2.05. The number of hydrogen-bond acceptors (Lipinski definition) is 4. The molecule has 0 aliphatic carbocycles. The number of nitrogens with one attached hydrogen (secondary N) is 1. The molecule has 0 saturated carbocycles. The zero-order valence-corrected chi connectivity index (χ0v) is 11.4. The average molecular weight is 283 g/mol. The molecule has 0 spiro atoms. The molecule has 0 unspecified atom stereocenters. The van der Waals surface area contributed by atoms with Crippen LogP contribution in [0, 0.1) is 5.82 Å². The van der Waals surface area contributed by atoms with Gasteiger partial charge in [0.1, 0.15) is 5.82 Å². The minimum Gasteiger partial charge on any atom is -0.466 e. The zero-order valence-electron chi connectivity index (χ0n) is 10.6. The summed E-state index contributed by atoms with van der Waals surface area (Å²) < 4.78 is 17.3. The molecular weight excluding hydrogens is 269 g/mol. The Hall–Kier alpha value is -1.82. The molecule has 0 saturated heterocycles. The van der Waals surface area contributed by atoms with Crippen LogP contribution in [0.15, 0.2) is 40.9 Å². The molecule has 1 rings (SSSR count). The van der Waals surface area contributed by atoms with Gasteiger partial charge in [-0.15, -0.1) is 11.8 Å². The summed E-state index contributed by atoms with van der Waals surface area (Å²) in [6, 6.07) is 6.00. The Labute approximate surface area is 115 Å². The second-order valence-corrected chi connectivity index (χ2v) is 4.69. The standard InChI is InChI=1S/C13H14FNO3S/c1-9(6-13(17)18-2)15-12(16)8-19-11-5-3-4-10(14)7-11/h3-7H,8H2,1-2H3,(H,15,16). The summed E-state index contributed by atoms with van der Waals surface area (Å²) in [5.41, 5.74) is 0.400. The first-order valence-electron chi connectivity index (χ1n) is 5.45. The number of halogens is 1. The number of carbonyl (C=O) groups excluding carboxylic acids is 2. The SMILES string of the molecule is COC(=O)C=C(C)NC(=O)CSc1cccc(F)c1. The van der Waals surface area contributed by atoms with E-state index < -0.39 is 5.97 Å². The maximum absolute atomic E-state index is 12.9.